The first-order valence-electron chi connectivity index (χ1n) is 8.60. The van der Waals surface area contributed by atoms with Gasteiger partial charge in [0.05, 0.1) is 16.1 Å². The van der Waals surface area contributed by atoms with Crippen LogP contribution in [0.3, 0.4) is 0 Å². The number of anilines is 2. The van der Waals surface area contributed by atoms with Crippen LogP contribution in [0.2, 0.25) is 0 Å². The topological polar surface area (TPSA) is 84.5 Å². The van der Waals surface area contributed by atoms with E-state index in [0.29, 0.717) is 16.3 Å². The molecule has 2 aromatic carbocycles. The van der Waals surface area contributed by atoms with E-state index in [2.05, 4.69) is 26.6 Å². The van der Waals surface area contributed by atoms with Crippen LogP contribution in [0.5, 0.6) is 0 Å². The van der Waals surface area contributed by atoms with E-state index in [1.165, 1.54) is 17.4 Å². The van der Waals surface area contributed by atoms with Crippen LogP contribution in [0.1, 0.15) is 25.6 Å². The van der Waals surface area contributed by atoms with Crippen molar-refractivity contribution in [3.8, 4) is 0 Å². The molecule has 1 aromatic heterocycles. The third-order valence-electron chi connectivity index (χ3n) is 3.83. The second kappa shape index (κ2) is 9.49. The Kier molecular flexibility index (Phi) is 6.79. The molecule has 0 spiro atoms. The molecule has 0 aliphatic heterocycles. The van der Waals surface area contributed by atoms with E-state index >= 15 is 0 Å². The predicted octanol–water partition coefficient (Wildman–Crippen LogP) is 4.87. The largest absolute Gasteiger partial charge is 0.452 e. The van der Waals surface area contributed by atoms with Crippen molar-refractivity contribution in [3.63, 3.8) is 0 Å². The van der Waals surface area contributed by atoms with Crippen molar-refractivity contribution >= 4 is 56.4 Å². The number of amides is 2. The van der Waals surface area contributed by atoms with E-state index in [-0.39, 0.29) is 11.5 Å². The monoisotopic (exact) mass is 472 g/mol. The molecule has 0 bridgehead atoms. The van der Waals surface area contributed by atoms with Crippen molar-refractivity contribution in [1.82, 2.24) is 0 Å². The van der Waals surface area contributed by atoms with Crippen molar-refractivity contribution < 1.29 is 19.1 Å². The summed E-state index contributed by atoms with van der Waals surface area (Å²) in [7, 11) is 0. The Hall–Kier alpha value is -2.97. The molecule has 29 heavy (non-hydrogen) atoms. The lowest BCUT2D eigenvalue weighted by Gasteiger charge is -2.09. The van der Waals surface area contributed by atoms with Gasteiger partial charge in [-0.2, -0.15) is 0 Å². The van der Waals surface area contributed by atoms with Gasteiger partial charge in [-0.05, 0) is 70.2 Å². The summed E-state index contributed by atoms with van der Waals surface area (Å²) in [6.45, 7) is 1.51. The number of halogens is 1. The molecule has 6 nitrogen and oxygen atoms in total. The summed E-state index contributed by atoms with van der Waals surface area (Å²) in [6, 6.07) is 15.4. The minimum Gasteiger partial charge on any atom is -0.452 e. The maximum absolute atomic E-state index is 12.3. The molecule has 0 aliphatic carbocycles. The SMILES string of the molecule is Cc1ccc(NC(=O)COC(=O)c2cccc(NC(=O)c3cccs3)c2)c(Br)c1. The molecule has 0 unspecified atom stereocenters. The van der Waals surface area contributed by atoms with Gasteiger partial charge in [-0.15, -0.1) is 11.3 Å². The average Bonchev–Trinajstić information content (AvgIpc) is 3.23. The van der Waals surface area contributed by atoms with Gasteiger partial charge in [0.15, 0.2) is 6.61 Å². The molecule has 2 N–H and O–H groups in total. The number of carbonyl (C=O) groups is 3. The molecule has 0 saturated heterocycles. The summed E-state index contributed by atoms with van der Waals surface area (Å²) in [5.41, 5.74) is 2.34. The Balaban J connectivity index is 1.56. The third kappa shape index (κ3) is 5.75. The molecule has 0 fully saturated rings. The molecule has 3 rings (SSSR count). The molecule has 0 radical (unpaired) electrons. The fraction of sp³-hybridized carbons (Fsp3) is 0.0952. The van der Waals surface area contributed by atoms with Gasteiger partial charge in [0.2, 0.25) is 0 Å². The van der Waals surface area contributed by atoms with Gasteiger partial charge >= 0.3 is 5.97 Å². The zero-order valence-electron chi connectivity index (χ0n) is 15.4. The lowest BCUT2D eigenvalue weighted by Crippen LogP contribution is -2.21. The van der Waals surface area contributed by atoms with Crippen molar-refractivity contribution in [2.24, 2.45) is 0 Å². The Labute approximate surface area is 180 Å². The molecular weight excluding hydrogens is 456 g/mol. The van der Waals surface area contributed by atoms with Crippen molar-refractivity contribution in [3.05, 3.63) is 80.5 Å². The lowest BCUT2D eigenvalue weighted by atomic mass is 10.2. The Bertz CT molecular complexity index is 1050. The van der Waals surface area contributed by atoms with Crippen LogP contribution in [0.15, 0.2) is 64.5 Å². The van der Waals surface area contributed by atoms with Crippen molar-refractivity contribution in [2.75, 3.05) is 17.2 Å². The maximum atomic E-state index is 12.3. The van der Waals surface area contributed by atoms with E-state index in [0.717, 1.165) is 10.0 Å². The van der Waals surface area contributed by atoms with E-state index < -0.39 is 18.5 Å². The van der Waals surface area contributed by atoms with Crippen LogP contribution in [0.4, 0.5) is 11.4 Å². The zero-order chi connectivity index (χ0) is 20.8. The molecule has 0 atom stereocenters. The molecule has 148 valence electrons. The van der Waals surface area contributed by atoms with E-state index in [9.17, 15) is 14.4 Å². The van der Waals surface area contributed by atoms with Crippen molar-refractivity contribution in [2.45, 2.75) is 6.92 Å². The quantitative estimate of drug-likeness (QED) is 0.501. The number of hydrogen-bond acceptors (Lipinski definition) is 5. The zero-order valence-corrected chi connectivity index (χ0v) is 17.8. The number of thiophene rings is 1. The molecule has 1 heterocycles. The molecule has 2 amide bonds. The number of carbonyl (C=O) groups excluding carboxylic acids is 3. The van der Waals surface area contributed by atoms with Gasteiger partial charge in [0, 0.05) is 10.2 Å². The van der Waals surface area contributed by atoms with Gasteiger partial charge in [-0.1, -0.05) is 18.2 Å². The smallest absolute Gasteiger partial charge is 0.338 e. The highest BCUT2D eigenvalue weighted by molar-refractivity contribution is 9.10. The summed E-state index contributed by atoms with van der Waals surface area (Å²) < 4.78 is 5.82. The summed E-state index contributed by atoms with van der Waals surface area (Å²) in [4.78, 5) is 37.0. The second-order valence-corrected chi connectivity index (χ2v) is 7.92. The number of benzene rings is 2. The molecule has 0 aliphatic rings. The van der Waals surface area contributed by atoms with Gasteiger partial charge < -0.3 is 15.4 Å². The number of ether oxygens (including phenoxy) is 1. The van der Waals surface area contributed by atoms with Crippen molar-refractivity contribution in [1.29, 1.82) is 0 Å². The summed E-state index contributed by atoms with van der Waals surface area (Å²) >= 11 is 4.70. The highest BCUT2D eigenvalue weighted by atomic mass is 79.9. The van der Waals surface area contributed by atoms with Crippen LogP contribution in [-0.2, 0) is 9.53 Å². The fourth-order valence-corrected chi connectivity index (χ4v) is 3.66. The first-order valence-corrected chi connectivity index (χ1v) is 10.3. The third-order valence-corrected chi connectivity index (χ3v) is 5.36. The van der Waals surface area contributed by atoms with E-state index in [4.69, 9.17) is 4.74 Å². The summed E-state index contributed by atoms with van der Waals surface area (Å²) in [5, 5.41) is 7.21. The highest BCUT2D eigenvalue weighted by Crippen LogP contribution is 2.23. The lowest BCUT2D eigenvalue weighted by molar-refractivity contribution is -0.119. The van der Waals surface area contributed by atoms with Gasteiger partial charge in [0.25, 0.3) is 11.8 Å². The number of aryl methyl sites for hydroxylation is 1. The maximum Gasteiger partial charge on any atom is 0.338 e. The number of esters is 1. The Morgan fingerprint density at radius 2 is 1.86 bits per heavy atom. The van der Waals surface area contributed by atoms with E-state index in [1.807, 2.05) is 24.4 Å². The molecule has 0 saturated carbocycles. The minimum absolute atomic E-state index is 0.235. The van der Waals surface area contributed by atoms with Gasteiger partial charge in [-0.3, -0.25) is 9.59 Å². The first-order chi connectivity index (χ1) is 13.9. The molecular formula is C21H17BrN2O4S. The average molecular weight is 473 g/mol. The highest BCUT2D eigenvalue weighted by Gasteiger charge is 2.13. The number of hydrogen-bond donors (Lipinski definition) is 2. The Morgan fingerprint density at radius 1 is 1.03 bits per heavy atom. The Morgan fingerprint density at radius 3 is 2.59 bits per heavy atom. The predicted molar refractivity (Wildman–Crippen MR) is 117 cm³/mol. The summed E-state index contributed by atoms with van der Waals surface area (Å²) in [6.07, 6.45) is 0. The standard InChI is InChI=1S/C21H17BrN2O4S/c1-13-7-8-17(16(22)10-13)24-19(25)12-28-21(27)14-4-2-5-15(11-14)23-20(26)18-6-3-9-29-18/h2-11H,12H2,1H3,(H,23,26)(H,24,25). The van der Waals surface area contributed by atoms with Crippen LogP contribution in [-0.4, -0.2) is 24.4 Å². The number of rotatable bonds is 6. The van der Waals surface area contributed by atoms with Crippen LogP contribution in [0, 0.1) is 6.92 Å². The first kappa shape index (κ1) is 20.8. The van der Waals surface area contributed by atoms with Crippen LogP contribution >= 0.6 is 27.3 Å². The fourth-order valence-electron chi connectivity index (χ4n) is 2.45. The van der Waals surface area contributed by atoms with Gasteiger partial charge in [0.1, 0.15) is 0 Å². The second-order valence-electron chi connectivity index (χ2n) is 6.12. The van der Waals surface area contributed by atoms with E-state index in [1.54, 1.807) is 36.4 Å². The van der Waals surface area contributed by atoms with Crippen LogP contribution < -0.4 is 10.6 Å². The molecule has 3 aromatic rings. The van der Waals surface area contributed by atoms with Crippen LogP contribution in [0.25, 0.3) is 0 Å². The van der Waals surface area contributed by atoms with Gasteiger partial charge in [-0.25, -0.2) is 4.79 Å². The minimum atomic E-state index is -0.657. The number of nitrogens with one attached hydrogen (secondary N) is 2. The molecule has 8 heteroatoms. The summed E-state index contributed by atoms with van der Waals surface area (Å²) in [5.74, 6) is -1.37. The normalized spacial score (nSPS) is 10.3.